The molecule has 3 heterocycles. The van der Waals surface area contributed by atoms with Gasteiger partial charge in [-0.15, -0.1) is 0 Å². The Bertz CT molecular complexity index is 777. The summed E-state index contributed by atoms with van der Waals surface area (Å²) in [5, 5.41) is 4.20. The summed E-state index contributed by atoms with van der Waals surface area (Å²) in [5.74, 6) is 0.869. The number of likely N-dealkylation sites (tertiary alicyclic amines) is 1. The summed E-state index contributed by atoms with van der Waals surface area (Å²) in [7, 11) is 0. The minimum absolute atomic E-state index is 0.147. The van der Waals surface area contributed by atoms with E-state index in [2.05, 4.69) is 23.9 Å². The van der Waals surface area contributed by atoms with Gasteiger partial charge in [0.15, 0.2) is 12.4 Å². The fourth-order valence-electron chi connectivity index (χ4n) is 3.48. The van der Waals surface area contributed by atoms with E-state index in [0.717, 1.165) is 19.5 Å². The smallest absolute Gasteiger partial charge is 0.342 e. The van der Waals surface area contributed by atoms with Gasteiger partial charge in [0, 0.05) is 19.3 Å². The Balaban J connectivity index is 1.62. The summed E-state index contributed by atoms with van der Waals surface area (Å²) >= 11 is 0. The number of piperidine rings is 1. The van der Waals surface area contributed by atoms with Crippen LogP contribution in [0.2, 0.25) is 0 Å². The summed E-state index contributed by atoms with van der Waals surface area (Å²) in [5.41, 5.74) is 0.963. The zero-order valence-electron chi connectivity index (χ0n) is 15.4. The van der Waals surface area contributed by atoms with Gasteiger partial charge in [-0.2, -0.15) is 5.10 Å². The van der Waals surface area contributed by atoms with Gasteiger partial charge >= 0.3 is 5.97 Å². The van der Waals surface area contributed by atoms with Crippen molar-refractivity contribution in [2.75, 3.05) is 19.7 Å². The quantitative estimate of drug-likeness (QED) is 0.785. The maximum Gasteiger partial charge on any atom is 0.342 e. The molecule has 0 aliphatic carbocycles. The number of carbonyl (C=O) groups is 2. The van der Waals surface area contributed by atoms with Crippen molar-refractivity contribution in [2.24, 2.45) is 11.8 Å². The Labute approximate surface area is 153 Å². The lowest BCUT2D eigenvalue weighted by Crippen LogP contribution is -2.44. The molecule has 0 N–H and O–H groups in total. The Kier molecular flexibility index (Phi) is 5.35. The van der Waals surface area contributed by atoms with Crippen molar-refractivity contribution in [3.63, 3.8) is 0 Å². The Hall–Kier alpha value is -2.70. The second kappa shape index (κ2) is 7.68. The number of nitrogens with zero attached hydrogens (tertiary/aromatic N) is 4. The van der Waals surface area contributed by atoms with Crippen molar-refractivity contribution in [3.8, 4) is 5.82 Å². The van der Waals surface area contributed by atoms with Crippen LogP contribution in [0.15, 0.2) is 30.6 Å². The van der Waals surface area contributed by atoms with Gasteiger partial charge in [0.2, 0.25) is 0 Å². The van der Waals surface area contributed by atoms with Gasteiger partial charge in [-0.25, -0.2) is 14.5 Å². The Morgan fingerprint density at radius 1 is 1.23 bits per heavy atom. The lowest BCUT2D eigenvalue weighted by molar-refractivity contribution is -0.137. The van der Waals surface area contributed by atoms with Crippen LogP contribution in [0.25, 0.3) is 5.82 Å². The molecule has 0 aromatic carbocycles. The van der Waals surface area contributed by atoms with E-state index in [1.807, 2.05) is 12.1 Å². The van der Waals surface area contributed by atoms with Crippen molar-refractivity contribution in [3.05, 3.63) is 41.9 Å². The molecule has 2 aromatic rings. The average molecular weight is 356 g/mol. The predicted molar refractivity (Wildman–Crippen MR) is 95.9 cm³/mol. The first-order valence-corrected chi connectivity index (χ1v) is 8.86. The number of hydrogen-bond donors (Lipinski definition) is 0. The molecule has 7 heteroatoms. The molecule has 1 fully saturated rings. The highest BCUT2D eigenvalue weighted by Gasteiger charge is 2.26. The third-order valence-corrected chi connectivity index (χ3v) is 4.64. The maximum atomic E-state index is 12.4. The van der Waals surface area contributed by atoms with Crippen LogP contribution in [-0.2, 0) is 9.53 Å². The highest BCUT2D eigenvalue weighted by Crippen LogP contribution is 2.21. The van der Waals surface area contributed by atoms with Gasteiger partial charge < -0.3 is 9.64 Å². The molecule has 1 aliphatic rings. The zero-order chi connectivity index (χ0) is 18.7. The van der Waals surface area contributed by atoms with E-state index in [9.17, 15) is 9.59 Å². The number of esters is 1. The second-order valence-corrected chi connectivity index (χ2v) is 7.06. The number of rotatable bonds is 4. The van der Waals surface area contributed by atoms with Gasteiger partial charge in [-0.1, -0.05) is 19.9 Å². The molecule has 0 saturated carbocycles. The number of aromatic nitrogens is 3. The van der Waals surface area contributed by atoms with Crippen LogP contribution in [-0.4, -0.2) is 51.2 Å². The molecule has 2 aromatic heterocycles. The molecule has 1 amide bonds. The number of pyridine rings is 1. The van der Waals surface area contributed by atoms with E-state index in [1.165, 1.54) is 6.20 Å². The van der Waals surface area contributed by atoms with Crippen molar-refractivity contribution < 1.29 is 14.3 Å². The largest absolute Gasteiger partial charge is 0.452 e. The molecule has 0 radical (unpaired) electrons. The van der Waals surface area contributed by atoms with E-state index < -0.39 is 5.97 Å². The molecule has 0 bridgehead atoms. The number of hydrogen-bond acceptors (Lipinski definition) is 5. The van der Waals surface area contributed by atoms with E-state index in [0.29, 0.717) is 28.9 Å². The van der Waals surface area contributed by atoms with Crippen LogP contribution in [0, 0.1) is 18.8 Å². The van der Waals surface area contributed by atoms with Crippen LogP contribution in [0.3, 0.4) is 0 Å². The number of amides is 1. The fraction of sp³-hybridized carbons (Fsp3) is 0.474. The van der Waals surface area contributed by atoms with Crippen molar-refractivity contribution in [2.45, 2.75) is 27.2 Å². The molecule has 2 unspecified atom stereocenters. The summed E-state index contributed by atoms with van der Waals surface area (Å²) in [6.07, 6.45) is 4.23. The SMILES string of the molecule is Cc1c(C(=O)OCC(=O)N2CC(C)CC(C)C2)cnn1-c1ccccn1. The van der Waals surface area contributed by atoms with Crippen LogP contribution in [0.1, 0.15) is 36.3 Å². The number of ether oxygens (including phenoxy) is 1. The van der Waals surface area contributed by atoms with Crippen molar-refractivity contribution in [1.29, 1.82) is 0 Å². The molecular weight excluding hydrogens is 332 g/mol. The third-order valence-electron chi connectivity index (χ3n) is 4.64. The zero-order valence-corrected chi connectivity index (χ0v) is 15.4. The van der Waals surface area contributed by atoms with Crippen molar-refractivity contribution in [1.82, 2.24) is 19.7 Å². The Morgan fingerprint density at radius 3 is 2.62 bits per heavy atom. The molecule has 0 spiro atoms. The van der Waals surface area contributed by atoms with Crippen LogP contribution >= 0.6 is 0 Å². The van der Waals surface area contributed by atoms with Crippen LogP contribution < -0.4 is 0 Å². The minimum atomic E-state index is -0.545. The van der Waals surface area contributed by atoms with Gasteiger partial charge in [-0.05, 0) is 37.3 Å². The van der Waals surface area contributed by atoms with Crippen LogP contribution in [0.5, 0.6) is 0 Å². The molecule has 2 atom stereocenters. The second-order valence-electron chi connectivity index (χ2n) is 7.06. The summed E-state index contributed by atoms with van der Waals surface area (Å²) in [6.45, 7) is 7.24. The highest BCUT2D eigenvalue weighted by atomic mass is 16.5. The minimum Gasteiger partial charge on any atom is -0.452 e. The normalized spacial score (nSPS) is 20.0. The lowest BCUT2D eigenvalue weighted by Gasteiger charge is -2.34. The summed E-state index contributed by atoms with van der Waals surface area (Å²) in [6, 6.07) is 5.46. The van der Waals surface area contributed by atoms with Gasteiger partial charge in [0.1, 0.15) is 5.56 Å². The topological polar surface area (TPSA) is 77.3 Å². The molecule has 7 nitrogen and oxygen atoms in total. The van der Waals surface area contributed by atoms with Gasteiger partial charge in [0.05, 0.1) is 11.9 Å². The first kappa shape index (κ1) is 18.1. The molecule has 1 saturated heterocycles. The van der Waals surface area contributed by atoms with Crippen molar-refractivity contribution >= 4 is 11.9 Å². The van der Waals surface area contributed by atoms with E-state index in [1.54, 1.807) is 28.8 Å². The first-order valence-electron chi connectivity index (χ1n) is 8.86. The predicted octanol–water partition coefficient (Wildman–Crippen LogP) is 2.24. The highest BCUT2D eigenvalue weighted by molar-refractivity contribution is 5.92. The van der Waals surface area contributed by atoms with E-state index >= 15 is 0 Å². The molecule has 1 aliphatic heterocycles. The monoisotopic (exact) mass is 356 g/mol. The molecular formula is C19H24N4O3. The lowest BCUT2D eigenvalue weighted by atomic mass is 9.92. The standard InChI is InChI=1S/C19H24N4O3/c1-13-8-14(2)11-22(10-13)18(24)12-26-19(25)16-9-21-23(15(16)3)17-6-4-5-7-20-17/h4-7,9,13-14H,8,10-12H2,1-3H3. The maximum absolute atomic E-state index is 12.4. The number of carbonyl (C=O) groups excluding carboxylic acids is 2. The molecule has 138 valence electrons. The molecule has 3 rings (SSSR count). The van der Waals surface area contributed by atoms with Crippen LogP contribution in [0.4, 0.5) is 0 Å². The summed E-state index contributed by atoms with van der Waals surface area (Å²) < 4.78 is 6.82. The van der Waals surface area contributed by atoms with Gasteiger partial charge in [-0.3, -0.25) is 4.79 Å². The van der Waals surface area contributed by atoms with E-state index in [-0.39, 0.29) is 12.5 Å². The third kappa shape index (κ3) is 3.92. The first-order chi connectivity index (χ1) is 12.5. The fourth-order valence-corrected chi connectivity index (χ4v) is 3.48. The van der Waals surface area contributed by atoms with E-state index in [4.69, 9.17) is 4.74 Å². The summed E-state index contributed by atoms with van der Waals surface area (Å²) in [4.78, 5) is 30.7. The Morgan fingerprint density at radius 2 is 1.96 bits per heavy atom. The average Bonchev–Trinajstić information content (AvgIpc) is 3.01. The van der Waals surface area contributed by atoms with Gasteiger partial charge in [0.25, 0.3) is 5.91 Å². The molecule has 26 heavy (non-hydrogen) atoms.